The standard InChI is InChI=1S/C19H15F3O2/c1-2-23-15-7-3-12(4-8-15)13-5-9-16-14(11-13)6-10-17(18(16)20)24-19(21)22/h3-11,19H,2H2,1H3. The molecule has 0 saturated heterocycles. The average molecular weight is 332 g/mol. The molecular formula is C19H15F3O2. The van der Waals surface area contributed by atoms with Crippen LogP contribution >= 0.6 is 0 Å². The van der Waals surface area contributed by atoms with Crippen LogP contribution < -0.4 is 9.47 Å². The van der Waals surface area contributed by atoms with Gasteiger partial charge in [0.05, 0.1) is 6.61 Å². The molecule has 0 fully saturated rings. The third-order valence-corrected chi connectivity index (χ3v) is 3.63. The Bertz CT molecular complexity index is 845. The second kappa shape index (κ2) is 6.83. The van der Waals surface area contributed by atoms with Crippen LogP contribution in [-0.4, -0.2) is 13.2 Å². The summed E-state index contributed by atoms with van der Waals surface area (Å²) in [5.74, 6) is -0.459. The zero-order valence-corrected chi connectivity index (χ0v) is 12.9. The molecule has 24 heavy (non-hydrogen) atoms. The smallest absolute Gasteiger partial charge is 0.387 e. The Kier molecular flexibility index (Phi) is 4.60. The van der Waals surface area contributed by atoms with E-state index in [-0.39, 0.29) is 5.39 Å². The molecule has 0 aliphatic heterocycles. The van der Waals surface area contributed by atoms with Crippen molar-refractivity contribution < 1.29 is 22.6 Å². The highest BCUT2D eigenvalue weighted by atomic mass is 19.3. The van der Waals surface area contributed by atoms with E-state index in [1.807, 2.05) is 31.2 Å². The van der Waals surface area contributed by atoms with E-state index in [0.29, 0.717) is 12.0 Å². The molecule has 0 aliphatic carbocycles. The highest BCUT2D eigenvalue weighted by Gasteiger charge is 2.13. The zero-order valence-electron chi connectivity index (χ0n) is 12.9. The summed E-state index contributed by atoms with van der Waals surface area (Å²) in [7, 11) is 0. The second-order valence-corrected chi connectivity index (χ2v) is 5.15. The highest BCUT2D eigenvalue weighted by molar-refractivity contribution is 5.89. The molecule has 0 atom stereocenters. The summed E-state index contributed by atoms with van der Waals surface area (Å²) in [5, 5.41) is 0.850. The lowest BCUT2D eigenvalue weighted by molar-refractivity contribution is -0.0520. The molecular weight excluding hydrogens is 317 g/mol. The van der Waals surface area contributed by atoms with E-state index in [1.165, 1.54) is 6.07 Å². The fourth-order valence-electron chi connectivity index (χ4n) is 2.55. The number of rotatable bonds is 5. The summed E-state index contributed by atoms with van der Waals surface area (Å²) < 4.78 is 48.4. The van der Waals surface area contributed by atoms with Crippen molar-refractivity contribution in [2.24, 2.45) is 0 Å². The van der Waals surface area contributed by atoms with E-state index in [9.17, 15) is 13.2 Å². The van der Waals surface area contributed by atoms with Crippen molar-refractivity contribution in [3.05, 3.63) is 60.4 Å². The number of hydrogen-bond acceptors (Lipinski definition) is 2. The molecule has 0 spiro atoms. The number of hydrogen-bond donors (Lipinski definition) is 0. The van der Waals surface area contributed by atoms with E-state index in [2.05, 4.69) is 4.74 Å². The summed E-state index contributed by atoms with van der Waals surface area (Å²) >= 11 is 0. The first-order valence-corrected chi connectivity index (χ1v) is 7.49. The molecule has 2 nitrogen and oxygen atoms in total. The molecule has 5 heteroatoms. The first kappa shape index (κ1) is 16.2. The van der Waals surface area contributed by atoms with Crippen molar-refractivity contribution in [2.75, 3.05) is 6.61 Å². The fraction of sp³-hybridized carbons (Fsp3) is 0.158. The molecule has 124 valence electrons. The van der Waals surface area contributed by atoms with Gasteiger partial charge in [0, 0.05) is 5.39 Å². The van der Waals surface area contributed by atoms with Crippen molar-refractivity contribution in [1.82, 2.24) is 0 Å². The van der Waals surface area contributed by atoms with Crippen molar-refractivity contribution in [3.8, 4) is 22.6 Å². The van der Waals surface area contributed by atoms with Gasteiger partial charge in [-0.3, -0.25) is 0 Å². The van der Waals surface area contributed by atoms with E-state index in [0.717, 1.165) is 16.9 Å². The molecule has 0 unspecified atom stereocenters. The summed E-state index contributed by atoms with van der Waals surface area (Å²) in [6.45, 7) is -0.546. The molecule has 3 aromatic carbocycles. The Morgan fingerprint density at radius 3 is 2.29 bits per heavy atom. The molecule has 0 aliphatic rings. The Morgan fingerprint density at radius 2 is 1.62 bits per heavy atom. The van der Waals surface area contributed by atoms with Crippen molar-refractivity contribution >= 4 is 10.8 Å². The molecule has 0 bridgehead atoms. The first-order chi connectivity index (χ1) is 11.6. The Hall–Kier alpha value is -2.69. The summed E-state index contributed by atoms with van der Waals surface area (Å²) in [6, 6.07) is 15.4. The summed E-state index contributed by atoms with van der Waals surface area (Å²) in [6.07, 6.45) is 0. The van der Waals surface area contributed by atoms with Gasteiger partial charge in [-0.25, -0.2) is 4.39 Å². The van der Waals surface area contributed by atoms with Crippen LogP contribution in [0.2, 0.25) is 0 Å². The van der Waals surface area contributed by atoms with E-state index in [1.54, 1.807) is 24.3 Å². The van der Waals surface area contributed by atoms with Crippen LogP contribution in [0, 0.1) is 5.82 Å². The van der Waals surface area contributed by atoms with Gasteiger partial charge in [-0.15, -0.1) is 0 Å². The largest absolute Gasteiger partial charge is 0.494 e. The predicted octanol–water partition coefficient (Wildman–Crippen LogP) is 5.65. The van der Waals surface area contributed by atoms with Crippen LogP contribution in [-0.2, 0) is 0 Å². The molecule has 0 aromatic heterocycles. The molecule has 0 heterocycles. The van der Waals surface area contributed by atoms with E-state index >= 15 is 0 Å². The maximum absolute atomic E-state index is 14.2. The van der Waals surface area contributed by atoms with Gasteiger partial charge >= 0.3 is 6.61 Å². The SMILES string of the molecule is CCOc1ccc(-c2ccc3c(F)c(OC(F)F)ccc3c2)cc1. The van der Waals surface area contributed by atoms with Crippen LogP contribution in [0.15, 0.2) is 54.6 Å². The van der Waals surface area contributed by atoms with Gasteiger partial charge in [-0.05, 0) is 47.7 Å². The lowest BCUT2D eigenvalue weighted by atomic mass is 10.0. The van der Waals surface area contributed by atoms with Crippen molar-refractivity contribution in [2.45, 2.75) is 13.5 Å². The van der Waals surface area contributed by atoms with Gasteiger partial charge in [-0.1, -0.05) is 30.3 Å². The monoisotopic (exact) mass is 332 g/mol. The molecule has 0 amide bonds. The third-order valence-electron chi connectivity index (χ3n) is 3.63. The maximum Gasteiger partial charge on any atom is 0.387 e. The minimum Gasteiger partial charge on any atom is -0.494 e. The summed E-state index contributed by atoms with van der Waals surface area (Å²) in [5.41, 5.74) is 1.85. The minimum atomic E-state index is -3.06. The van der Waals surface area contributed by atoms with Crippen LogP contribution in [0.5, 0.6) is 11.5 Å². The molecule has 3 rings (SSSR count). The molecule has 3 aromatic rings. The topological polar surface area (TPSA) is 18.5 Å². The van der Waals surface area contributed by atoms with Gasteiger partial charge in [0.2, 0.25) is 0 Å². The number of ether oxygens (including phenoxy) is 2. The van der Waals surface area contributed by atoms with Gasteiger partial charge in [0.25, 0.3) is 0 Å². The van der Waals surface area contributed by atoms with Crippen molar-refractivity contribution in [1.29, 1.82) is 0 Å². The normalized spacial score (nSPS) is 11.0. The Morgan fingerprint density at radius 1 is 0.917 bits per heavy atom. The minimum absolute atomic E-state index is 0.239. The Balaban J connectivity index is 1.96. The highest BCUT2D eigenvalue weighted by Crippen LogP contribution is 2.31. The van der Waals surface area contributed by atoms with Gasteiger partial charge in [-0.2, -0.15) is 8.78 Å². The third kappa shape index (κ3) is 3.30. The Labute approximate surface area is 137 Å². The summed E-state index contributed by atoms with van der Waals surface area (Å²) in [4.78, 5) is 0. The van der Waals surface area contributed by atoms with Gasteiger partial charge in [0.15, 0.2) is 11.6 Å². The number of alkyl halides is 2. The zero-order chi connectivity index (χ0) is 17.1. The van der Waals surface area contributed by atoms with Crippen molar-refractivity contribution in [3.63, 3.8) is 0 Å². The van der Waals surface area contributed by atoms with E-state index < -0.39 is 18.2 Å². The maximum atomic E-state index is 14.2. The van der Waals surface area contributed by atoms with Crippen LogP contribution in [0.25, 0.3) is 21.9 Å². The molecule has 0 saturated carbocycles. The fourth-order valence-corrected chi connectivity index (χ4v) is 2.55. The lowest BCUT2D eigenvalue weighted by Gasteiger charge is -2.10. The number of halogens is 3. The predicted molar refractivity (Wildman–Crippen MR) is 87.1 cm³/mol. The van der Waals surface area contributed by atoms with Gasteiger partial charge in [0.1, 0.15) is 5.75 Å². The number of benzene rings is 3. The average Bonchev–Trinajstić information content (AvgIpc) is 2.58. The van der Waals surface area contributed by atoms with Crippen LogP contribution in [0.3, 0.4) is 0 Å². The first-order valence-electron chi connectivity index (χ1n) is 7.49. The van der Waals surface area contributed by atoms with Crippen LogP contribution in [0.4, 0.5) is 13.2 Å². The lowest BCUT2D eigenvalue weighted by Crippen LogP contribution is -2.03. The van der Waals surface area contributed by atoms with Gasteiger partial charge < -0.3 is 9.47 Å². The molecule has 0 radical (unpaired) electrons. The van der Waals surface area contributed by atoms with Crippen LogP contribution in [0.1, 0.15) is 6.92 Å². The molecule has 0 N–H and O–H groups in total. The second-order valence-electron chi connectivity index (χ2n) is 5.15. The van der Waals surface area contributed by atoms with E-state index in [4.69, 9.17) is 4.74 Å². The quantitative estimate of drug-likeness (QED) is 0.601. The number of fused-ring (bicyclic) bond motifs is 1.